The van der Waals surface area contributed by atoms with Gasteiger partial charge in [0.05, 0.1) is 9.16 Å². The van der Waals surface area contributed by atoms with E-state index in [0.29, 0.717) is 9.16 Å². The van der Waals surface area contributed by atoms with Gasteiger partial charge in [-0.3, -0.25) is 0 Å². The van der Waals surface area contributed by atoms with Crippen molar-refractivity contribution in [1.82, 2.24) is 0 Å². The van der Waals surface area contributed by atoms with E-state index in [-0.39, 0.29) is 0 Å². The van der Waals surface area contributed by atoms with Gasteiger partial charge in [-0.15, -0.1) is 35.3 Å². The van der Waals surface area contributed by atoms with E-state index in [1.54, 1.807) is 0 Å². The molecule has 0 bridgehead atoms. The summed E-state index contributed by atoms with van der Waals surface area (Å²) in [5, 5.41) is 2.67. The van der Waals surface area contributed by atoms with Gasteiger partial charge < -0.3 is 0 Å². The van der Waals surface area contributed by atoms with E-state index in [0.717, 1.165) is 15.3 Å². The number of hydrogen-bond donors (Lipinski definition) is 3. The molecule has 0 fully saturated rings. The molecule has 0 spiro atoms. The van der Waals surface area contributed by atoms with Crippen LogP contribution < -0.4 is 0 Å². The summed E-state index contributed by atoms with van der Waals surface area (Å²) in [5.74, 6) is 0. The van der Waals surface area contributed by atoms with Gasteiger partial charge in [0, 0.05) is 15.3 Å². The highest BCUT2D eigenvalue weighted by molar-refractivity contribution is 8.23. The van der Waals surface area contributed by atoms with Crippen LogP contribution in [0, 0.1) is 0 Å². The molecule has 0 aliphatic rings. The molecule has 0 aromatic rings. The van der Waals surface area contributed by atoms with E-state index >= 15 is 0 Å². The molecule has 0 saturated heterocycles. The minimum atomic E-state index is 0.620. The maximum absolute atomic E-state index is 4.25. The van der Waals surface area contributed by atoms with Gasteiger partial charge in [-0.25, -0.2) is 0 Å². The molecule has 0 amide bonds. The number of hydrogen-bond acceptors (Lipinski definition) is 7. The fourth-order valence-electron chi connectivity index (χ4n) is 0.823. The third-order valence-electron chi connectivity index (χ3n) is 1.43. The Hall–Kier alpha value is 2.45. The summed E-state index contributed by atoms with van der Waals surface area (Å²) in [4.78, 5) is 0. The molecule has 0 aromatic carbocycles. The molecular formula is C7H16S7. The lowest BCUT2D eigenvalue weighted by atomic mass is 10.5. The summed E-state index contributed by atoms with van der Waals surface area (Å²) in [5.41, 5.74) is 0. The first-order valence-corrected chi connectivity index (χ1v) is 10.3. The zero-order chi connectivity index (χ0) is 10.8. The van der Waals surface area contributed by atoms with Crippen LogP contribution in [0.2, 0.25) is 0 Å². The van der Waals surface area contributed by atoms with Gasteiger partial charge in [0.2, 0.25) is 0 Å². The van der Waals surface area contributed by atoms with Crippen LogP contribution in [-0.4, -0.2) is 30.7 Å². The first kappa shape index (κ1) is 16.4. The number of thioether (sulfide) groups is 4. The first-order valence-electron chi connectivity index (χ1n) is 3.98. The smallest absolute Gasteiger partial charge is 0.0537 e. The van der Waals surface area contributed by atoms with Crippen molar-refractivity contribution >= 4 is 84.9 Å². The van der Waals surface area contributed by atoms with E-state index in [9.17, 15) is 0 Å². The van der Waals surface area contributed by atoms with Crippen LogP contribution in [0.25, 0.3) is 0 Å². The highest BCUT2D eigenvalue weighted by atomic mass is 32.2. The molecule has 0 aliphatic heterocycles. The lowest BCUT2D eigenvalue weighted by Crippen LogP contribution is -2.07. The maximum atomic E-state index is 4.25. The van der Waals surface area contributed by atoms with E-state index < -0.39 is 0 Å². The lowest BCUT2D eigenvalue weighted by Gasteiger charge is -2.19. The maximum Gasteiger partial charge on any atom is 0.0537 e. The molecule has 0 aromatic heterocycles. The van der Waals surface area contributed by atoms with Crippen molar-refractivity contribution in [3.63, 3.8) is 0 Å². The van der Waals surface area contributed by atoms with E-state index in [2.05, 4.69) is 44.1 Å². The monoisotopic (exact) mass is 324 g/mol. The molecule has 0 heterocycles. The summed E-state index contributed by atoms with van der Waals surface area (Å²) in [6, 6.07) is 0. The fourth-order valence-corrected chi connectivity index (χ4v) is 7.25. The second-order valence-corrected chi connectivity index (χ2v) is 9.66. The fraction of sp³-hybridized carbons (Fsp3) is 1.00. The van der Waals surface area contributed by atoms with Gasteiger partial charge >= 0.3 is 0 Å². The van der Waals surface area contributed by atoms with E-state index in [4.69, 9.17) is 0 Å². The summed E-state index contributed by atoms with van der Waals surface area (Å²) < 4.78 is 1.27. The van der Waals surface area contributed by atoms with Gasteiger partial charge in [-0.05, 0) is 12.7 Å². The van der Waals surface area contributed by atoms with Crippen LogP contribution in [-0.2, 0) is 0 Å². The largest absolute Gasteiger partial charge is 0.168 e. The zero-order valence-corrected chi connectivity index (χ0v) is 13.9. The predicted molar refractivity (Wildman–Crippen MR) is 90.0 cm³/mol. The average Bonchev–Trinajstić information content (AvgIpc) is 2.18. The Bertz CT molecular complexity index is 115. The molecule has 14 heavy (non-hydrogen) atoms. The van der Waals surface area contributed by atoms with Crippen LogP contribution in [0.3, 0.4) is 0 Å². The summed E-state index contributed by atoms with van der Waals surface area (Å²) in [7, 11) is 0. The second-order valence-electron chi connectivity index (χ2n) is 2.22. The standard InChI is InChI=1S/C7H16S7/c1-11-6(12-3-8)2-7(13-4-9)14-5-10/h6-10H,2-5H2,1H3. The highest BCUT2D eigenvalue weighted by Gasteiger charge is 2.15. The average molecular weight is 325 g/mol. The normalized spacial score (nSPS) is 13.5. The van der Waals surface area contributed by atoms with Crippen LogP contribution >= 0.6 is 84.9 Å². The summed E-state index contributed by atoms with van der Waals surface area (Å²) >= 11 is 20.4. The molecule has 0 saturated carbocycles. The molecule has 0 radical (unpaired) electrons. The van der Waals surface area contributed by atoms with Crippen molar-refractivity contribution in [1.29, 1.82) is 0 Å². The Balaban J connectivity index is 3.83. The summed E-state index contributed by atoms with van der Waals surface area (Å²) in [6.07, 6.45) is 3.36. The van der Waals surface area contributed by atoms with Crippen LogP contribution in [0.1, 0.15) is 6.42 Å². The molecular weight excluding hydrogens is 309 g/mol. The van der Waals surface area contributed by atoms with Crippen LogP contribution in [0.5, 0.6) is 0 Å². The van der Waals surface area contributed by atoms with Gasteiger partial charge in [-0.1, -0.05) is 0 Å². The van der Waals surface area contributed by atoms with Crippen molar-refractivity contribution in [2.75, 3.05) is 21.5 Å². The minimum Gasteiger partial charge on any atom is -0.168 e. The quantitative estimate of drug-likeness (QED) is 0.428. The van der Waals surface area contributed by atoms with Crippen molar-refractivity contribution in [2.45, 2.75) is 15.6 Å². The molecule has 86 valence electrons. The number of thiol groups is 3. The molecule has 1 atom stereocenters. The van der Waals surface area contributed by atoms with Gasteiger partial charge in [0.15, 0.2) is 0 Å². The molecule has 0 N–H and O–H groups in total. The molecule has 0 aliphatic carbocycles. The highest BCUT2D eigenvalue weighted by Crippen LogP contribution is 2.36. The van der Waals surface area contributed by atoms with Crippen molar-refractivity contribution < 1.29 is 0 Å². The van der Waals surface area contributed by atoms with Crippen LogP contribution in [0.15, 0.2) is 0 Å². The third-order valence-corrected chi connectivity index (χ3v) is 7.43. The topological polar surface area (TPSA) is 0 Å². The zero-order valence-electron chi connectivity index (χ0n) is 7.96. The summed E-state index contributed by atoms with van der Waals surface area (Å²) in [6.45, 7) is 0. The predicted octanol–water partition coefficient (Wildman–Crippen LogP) is 4.25. The molecule has 1 unspecified atom stereocenters. The van der Waals surface area contributed by atoms with E-state index in [1.807, 2.05) is 47.0 Å². The van der Waals surface area contributed by atoms with Crippen molar-refractivity contribution in [3.05, 3.63) is 0 Å². The second kappa shape index (κ2) is 11.9. The van der Waals surface area contributed by atoms with Crippen molar-refractivity contribution in [3.8, 4) is 0 Å². The van der Waals surface area contributed by atoms with Crippen molar-refractivity contribution in [2.24, 2.45) is 0 Å². The van der Waals surface area contributed by atoms with Crippen LogP contribution in [0.4, 0.5) is 0 Å². The lowest BCUT2D eigenvalue weighted by molar-refractivity contribution is 1.03. The Morgan fingerprint density at radius 3 is 1.64 bits per heavy atom. The van der Waals surface area contributed by atoms with Gasteiger partial charge in [-0.2, -0.15) is 49.6 Å². The number of rotatable bonds is 9. The Morgan fingerprint density at radius 1 is 0.857 bits per heavy atom. The molecule has 0 rings (SSSR count). The van der Waals surface area contributed by atoms with Gasteiger partial charge in [0.1, 0.15) is 0 Å². The molecule has 7 heteroatoms. The first-order chi connectivity index (χ1) is 6.78. The minimum absolute atomic E-state index is 0.620. The van der Waals surface area contributed by atoms with Gasteiger partial charge in [0.25, 0.3) is 0 Å². The third kappa shape index (κ3) is 8.58. The SMILES string of the molecule is CSC(CC(SCS)SCS)SCS. The Morgan fingerprint density at radius 2 is 1.29 bits per heavy atom. The Labute approximate surface area is 121 Å². The Kier molecular flexibility index (Phi) is 14.0. The molecule has 0 nitrogen and oxygen atoms in total. The van der Waals surface area contributed by atoms with E-state index in [1.165, 1.54) is 6.42 Å².